The minimum Gasteiger partial charge on any atom is -0.431 e. The maximum absolute atomic E-state index is 12.5. The summed E-state index contributed by atoms with van der Waals surface area (Å²) in [5.41, 5.74) is 1.72. The van der Waals surface area contributed by atoms with Crippen LogP contribution in [0.1, 0.15) is 28.4 Å². The van der Waals surface area contributed by atoms with E-state index < -0.39 is 0 Å². The second-order valence-electron chi connectivity index (χ2n) is 5.03. The highest BCUT2D eigenvalue weighted by atomic mass is 32.1. The number of fused-ring (bicyclic) bond motifs is 1. The summed E-state index contributed by atoms with van der Waals surface area (Å²) in [5, 5.41) is 0.402. The molecule has 2 aromatic carbocycles. The fourth-order valence-electron chi connectivity index (χ4n) is 2.52. The number of benzene rings is 2. The molecular weight excluding hydrogens is 282 g/mol. The number of thiocarbonyl (C=S) groups is 1. The molecule has 1 unspecified atom stereocenters. The molecule has 1 aliphatic rings. The molecule has 0 amide bonds. The van der Waals surface area contributed by atoms with Crippen LogP contribution in [0, 0.1) is 0 Å². The molecule has 0 fully saturated rings. The van der Waals surface area contributed by atoms with E-state index in [9.17, 15) is 4.79 Å². The van der Waals surface area contributed by atoms with Gasteiger partial charge in [0.05, 0.1) is 6.04 Å². The largest absolute Gasteiger partial charge is 0.431 e. The van der Waals surface area contributed by atoms with E-state index in [4.69, 9.17) is 17.0 Å². The Kier molecular flexibility index (Phi) is 3.71. The van der Waals surface area contributed by atoms with Crippen LogP contribution in [-0.2, 0) is 0 Å². The number of para-hydroxylation sites is 1. The number of nitrogens with zero attached hydrogens (tertiary/aromatic N) is 1. The molecule has 4 heteroatoms. The van der Waals surface area contributed by atoms with Crippen LogP contribution in [0.2, 0.25) is 0 Å². The molecule has 1 heterocycles. The Hall–Kier alpha value is -2.20. The summed E-state index contributed by atoms with van der Waals surface area (Å²) in [6.45, 7) is 0. The van der Waals surface area contributed by atoms with Crippen molar-refractivity contribution >= 4 is 23.2 Å². The fourth-order valence-corrected chi connectivity index (χ4v) is 2.73. The van der Waals surface area contributed by atoms with Gasteiger partial charge in [-0.3, -0.25) is 4.79 Å². The minimum atomic E-state index is -0.0878. The average molecular weight is 297 g/mol. The van der Waals surface area contributed by atoms with E-state index in [1.807, 2.05) is 66.5 Å². The molecule has 3 nitrogen and oxygen atoms in total. The Bertz CT molecular complexity index is 684. The molecule has 1 aliphatic heterocycles. The van der Waals surface area contributed by atoms with Gasteiger partial charge in [-0.25, -0.2) is 0 Å². The first-order chi connectivity index (χ1) is 10.2. The number of rotatable bonds is 3. The first-order valence-corrected chi connectivity index (χ1v) is 7.19. The van der Waals surface area contributed by atoms with E-state index in [1.54, 1.807) is 0 Å². The maximum atomic E-state index is 12.5. The number of carbonyl (C=O) groups excluding carboxylic acids is 1. The van der Waals surface area contributed by atoms with E-state index in [0.717, 1.165) is 16.9 Å². The van der Waals surface area contributed by atoms with Gasteiger partial charge in [0.15, 0.2) is 5.78 Å². The smallest absolute Gasteiger partial charge is 0.265 e. The van der Waals surface area contributed by atoms with Crippen molar-refractivity contribution in [3.63, 3.8) is 0 Å². The van der Waals surface area contributed by atoms with Crippen molar-refractivity contribution in [2.24, 2.45) is 0 Å². The quantitative estimate of drug-likeness (QED) is 0.639. The van der Waals surface area contributed by atoms with Gasteiger partial charge in [-0.2, -0.15) is 0 Å². The molecule has 0 saturated carbocycles. The van der Waals surface area contributed by atoms with Crippen molar-refractivity contribution < 1.29 is 9.53 Å². The lowest BCUT2D eigenvalue weighted by atomic mass is 9.95. The van der Waals surface area contributed by atoms with Crippen LogP contribution in [0.25, 0.3) is 0 Å². The van der Waals surface area contributed by atoms with Gasteiger partial charge in [0, 0.05) is 24.6 Å². The third-order valence-corrected chi connectivity index (χ3v) is 4.08. The van der Waals surface area contributed by atoms with Crippen LogP contribution in [0.4, 0.5) is 0 Å². The molecule has 0 bridgehead atoms. The molecule has 0 aromatic heterocycles. The molecular formula is C17H15NO2S. The third-order valence-electron chi connectivity index (χ3n) is 3.71. The van der Waals surface area contributed by atoms with Gasteiger partial charge in [0.25, 0.3) is 5.17 Å². The molecule has 3 rings (SSSR count). The van der Waals surface area contributed by atoms with Crippen LogP contribution >= 0.6 is 12.2 Å². The predicted molar refractivity (Wildman–Crippen MR) is 85.6 cm³/mol. The van der Waals surface area contributed by atoms with Crippen molar-refractivity contribution in [1.82, 2.24) is 4.90 Å². The molecule has 0 N–H and O–H groups in total. The Morgan fingerprint density at radius 2 is 1.81 bits per heavy atom. The first-order valence-electron chi connectivity index (χ1n) is 6.78. The van der Waals surface area contributed by atoms with Gasteiger partial charge in [-0.15, -0.1) is 0 Å². The van der Waals surface area contributed by atoms with Crippen molar-refractivity contribution in [2.45, 2.75) is 12.5 Å². The van der Waals surface area contributed by atoms with Crippen molar-refractivity contribution in [3.05, 3.63) is 65.7 Å². The highest BCUT2D eigenvalue weighted by molar-refractivity contribution is 7.80. The lowest BCUT2D eigenvalue weighted by Gasteiger charge is -2.35. The summed E-state index contributed by atoms with van der Waals surface area (Å²) < 4.78 is 5.61. The van der Waals surface area contributed by atoms with Gasteiger partial charge < -0.3 is 9.64 Å². The van der Waals surface area contributed by atoms with Crippen LogP contribution in [-0.4, -0.2) is 22.9 Å². The lowest BCUT2D eigenvalue weighted by Crippen LogP contribution is -2.38. The van der Waals surface area contributed by atoms with E-state index in [-0.39, 0.29) is 11.8 Å². The Balaban J connectivity index is 1.90. The Labute approximate surface area is 129 Å². The topological polar surface area (TPSA) is 29.5 Å². The lowest BCUT2D eigenvalue weighted by molar-refractivity contribution is 0.0947. The number of hydrogen-bond acceptors (Lipinski definition) is 3. The highest BCUT2D eigenvalue weighted by Gasteiger charge is 2.30. The van der Waals surface area contributed by atoms with Crippen LogP contribution < -0.4 is 4.74 Å². The number of ketones is 1. The number of Topliss-reactive ketones (excluding diaryl/α,β-unsaturated/α-hetero) is 1. The molecule has 2 aromatic rings. The molecule has 1 atom stereocenters. The number of ether oxygens (including phenoxy) is 1. The average Bonchev–Trinajstić information content (AvgIpc) is 2.52. The highest BCUT2D eigenvalue weighted by Crippen LogP contribution is 2.36. The van der Waals surface area contributed by atoms with Crippen molar-refractivity contribution in [3.8, 4) is 5.75 Å². The van der Waals surface area contributed by atoms with Gasteiger partial charge in [-0.05, 0) is 18.3 Å². The van der Waals surface area contributed by atoms with Crippen molar-refractivity contribution in [1.29, 1.82) is 0 Å². The zero-order valence-electron chi connectivity index (χ0n) is 11.7. The van der Waals surface area contributed by atoms with E-state index in [0.29, 0.717) is 11.6 Å². The van der Waals surface area contributed by atoms with Crippen LogP contribution in [0.5, 0.6) is 5.75 Å². The summed E-state index contributed by atoms with van der Waals surface area (Å²) in [6, 6.07) is 17.0. The summed E-state index contributed by atoms with van der Waals surface area (Å²) >= 11 is 5.24. The molecule has 0 saturated heterocycles. The molecule has 106 valence electrons. The summed E-state index contributed by atoms with van der Waals surface area (Å²) in [6.07, 6.45) is 0.376. The van der Waals surface area contributed by atoms with Gasteiger partial charge in [0.2, 0.25) is 0 Å². The maximum Gasteiger partial charge on any atom is 0.265 e. The monoisotopic (exact) mass is 297 g/mol. The second-order valence-corrected chi connectivity index (χ2v) is 5.38. The third kappa shape index (κ3) is 2.67. The molecule has 0 radical (unpaired) electrons. The molecule has 21 heavy (non-hydrogen) atoms. The summed E-state index contributed by atoms with van der Waals surface area (Å²) in [4.78, 5) is 14.3. The second kappa shape index (κ2) is 5.66. The summed E-state index contributed by atoms with van der Waals surface area (Å²) in [5.74, 6) is 0.846. The number of hydrogen-bond donors (Lipinski definition) is 0. The Morgan fingerprint density at radius 3 is 2.57 bits per heavy atom. The predicted octanol–water partition coefficient (Wildman–Crippen LogP) is 3.61. The van der Waals surface area contributed by atoms with Gasteiger partial charge in [-0.1, -0.05) is 48.5 Å². The van der Waals surface area contributed by atoms with Crippen molar-refractivity contribution in [2.75, 3.05) is 7.05 Å². The normalized spacial score (nSPS) is 17.1. The molecule has 0 spiro atoms. The standard InChI is InChI=1S/C17H15NO2S/c1-18-14(11-15(19)12-7-3-2-4-8-12)13-9-5-6-10-16(13)20-17(18)21/h2-10,14H,11H2,1H3. The van der Waals surface area contributed by atoms with E-state index in [1.165, 1.54) is 0 Å². The summed E-state index contributed by atoms with van der Waals surface area (Å²) in [7, 11) is 1.86. The zero-order chi connectivity index (χ0) is 14.8. The van der Waals surface area contributed by atoms with Crippen LogP contribution in [0.15, 0.2) is 54.6 Å². The minimum absolute atomic E-state index is 0.0878. The van der Waals surface area contributed by atoms with Crippen LogP contribution in [0.3, 0.4) is 0 Å². The van der Waals surface area contributed by atoms with Gasteiger partial charge >= 0.3 is 0 Å². The van der Waals surface area contributed by atoms with Gasteiger partial charge in [0.1, 0.15) is 5.75 Å². The SMILES string of the molecule is CN1C(=S)Oc2ccccc2C1CC(=O)c1ccccc1. The van der Waals surface area contributed by atoms with E-state index >= 15 is 0 Å². The Morgan fingerprint density at radius 1 is 1.14 bits per heavy atom. The molecule has 0 aliphatic carbocycles. The zero-order valence-corrected chi connectivity index (χ0v) is 12.5. The number of carbonyl (C=O) groups is 1. The fraction of sp³-hybridized carbons (Fsp3) is 0.176. The first kappa shape index (κ1) is 13.8. The van der Waals surface area contributed by atoms with E-state index in [2.05, 4.69) is 0 Å².